The third-order valence-corrected chi connectivity index (χ3v) is 2.82. The number of fused-ring (bicyclic) bond motifs is 1. The van der Waals surface area contributed by atoms with Crippen molar-refractivity contribution in [2.24, 2.45) is 0 Å². The number of hydrogen-bond donors (Lipinski definition) is 3. The molecule has 0 bridgehead atoms. The predicted octanol–water partition coefficient (Wildman–Crippen LogP) is 0.515. The highest BCUT2D eigenvalue weighted by molar-refractivity contribution is 5.86. The van der Waals surface area contributed by atoms with Gasteiger partial charge in [0.15, 0.2) is 0 Å². The topological polar surface area (TPSA) is 138 Å². The normalized spacial score (nSPS) is 10.8. The first-order valence-corrected chi connectivity index (χ1v) is 5.50. The van der Waals surface area contributed by atoms with Gasteiger partial charge in [-0.25, -0.2) is 4.98 Å². The highest BCUT2D eigenvalue weighted by Gasteiger charge is 2.18. The second-order valence-electron chi connectivity index (χ2n) is 4.05. The van der Waals surface area contributed by atoms with Gasteiger partial charge in [-0.3, -0.25) is 19.7 Å². The molecule has 3 aromatic rings. The highest BCUT2D eigenvalue weighted by atomic mass is 16.6. The Kier molecular flexibility index (Phi) is 2.46. The van der Waals surface area contributed by atoms with Crippen molar-refractivity contribution < 1.29 is 4.92 Å². The highest BCUT2D eigenvalue weighted by Crippen LogP contribution is 2.30. The fraction of sp³-hybridized carbons (Fsp3) is 0. The van der Waals surface area contributed by atoms with Gasteiger partial charge in [-0.15, -0.1) is 0 Å². The molecule has 0 atom stereocenters. The Morgan fingerprint density at radius 1 is 1.10 bits per heavy atom. The first-order chi connectivity index (χ1) is 9.56. The third-order valence-electron chi connectivity index (χ3n) is 2.82. The zero-order valence-electron chi connectivity index (χ0n) is 9.84. The van der Waals surface area contributed by atoms with Crippen LogP contribution in [0.1, 0.15) is 0 Å². The van der Waals surface area contributed by atoms with Gasteiger partial charge in [0.25, 0.3) is 5.69 Å². The molecule has 2 heterocycles. The molecule has 0 spiro atoms. The number of nitro benzene ring substituents is 1. The van der Waals surface area contributed by atoms with Crippen LogP contribution in [0.2, 0.25) is 0 Å². The Morgan fingerprint density at radius 2 is 1.75 bits per heavy atom. The quantitative estimate of drug-likeness (QED) is 0.355. The predicted molar refractivity (Wildman–Crippen MR) is 69.4 cm³/mol. The van der Waals surface area contributed by atoms with Gasteiger partial charge in [0.1, 0.15) is 0 Å². The molecule has 9 heteroatoms. The van der Waals surface area contributed by atoms with E-state index >= 15 is 0 Å². The Labute approximate surface area is 109 Å². The molecule has 20 heavy (non-hydrogen) atoms. The maximum atomic E-state index is 11.3. The molecule has 0 radical (unpaired) electrons. The smallest absolute Gasteiger partial charge is 0.314 e. The Morgan fingerprint density at radius 3 is 2.30 bits per heavy atom. The van der Waals surface area contributed by atoms with E-state index in [1.54, 1.807) is 0 Å². The summed E-state index contributed by atoms with van der Waals surface area (Å²) < 4.78 is 0. The van der Waals surface area contributed by atoms with Crippen molar-refractivity contribution in [1.29, 1.82) is 0 Å². The van der Waals surface area contributed by atoms with Crippen molar-refractivity contribution in [2.75, 3.05) is 0 Å². The molecule has 0 aliphatic heterocycles. The minimum absolute atomic E-state index is 0.185. The number of aromatic amines is 3. The van der Waals surface area contributed by atoms with Crippen molar-refractivity contribution in [3.05, 3.63) is 55.5 Å². The zero-order chi connectivity index (χ0) is 14.3. The number of nitro groups is 1. The Balaban J connectivity index is 2.41. The minimum Gasteiger partial charge on any atom is -0.344 e. The van der Waals surface area contributed by atoms with Gasteiger partial charge in [-0.2, -0.15) is 0 Å². The molecule has 0 saturated heterocycles. The number of nitrogens with zero attached hydrogens (tertiary/aromatic N) is 2. The zero-order valence-corrected chi connectivity index (χ0v) is 9.84. The van der Waals surface area contributed by atoms with Crippen LogP contribution < -0.4 is 11.1 Å². The number of nitrogens with one attached hydrogen (secondary N) is 3. The average Bonchev–Trinajstić information content (AvgIpc) is 2.92. The summed E-state index contributed by atoms with van der Waals surface area (Å²) in [6.45, 7) is 0. The van der Waals surface area contributed by atoms with E-state index in [1.807, 2.05) is 0 Å². The van der Waals surface area contributed by atoms with Crippen LogP contribution in [0, 0.1) is 10.1 Å². The molecule has 0 aliphatic carbocycles. The van der Waals surface area contributed by atoms with Crippen LogP contribution in [0.5, 0.6) is 0 Å². The molecule has 3 rings (SSSR count). The van der Waals surface area contributed by atoms with Gasteiger partial charge in [0.2, 0.25) is 0 Å². The number of rotatable bonds is 2. The van der Waals surface area contributed by atoms with Crippen molar-refractivity contribution >= 4 is 16.7 Å². The average molecular weight is 273 g/mol. The van der Waals surface area contributed by atoms with Crippen molar-refractivity contribution in [2.45, 2.75) is 0 Å². The summed E-state index contributed by atoms with van der Waals surface area (Å²) in [6, 6.07) is 2.61. The van der Waals surface area contributed by atoms with E-state index in [0.29, 0.717) is 11.2 Å². The molecule has 9 nitrogen and oxygen atoms in total. The molecular weight excluding hydrogens is 266 g/mol. The molecule has 100 valence electrons. The monoisotopic (exact) mass is 273 g/mol. The van der Waals surface area contributed by atoms with Gasteiger partial charge in [-0.05, 0) is 6.07 Å². The SMILES string of the molecule is O=c1[nH]c2cc(-c3cnc[nH]3)c([N+](=O)[O-])cc2[nH]c1=O. The second kappa shape index (κ2) is 4.16. The molecule has 2 aromatic heterocycles. The van der Waals surface area contributed by atoms with Crippen LogP contribution in [0.25, 0.3) is 22.3 Å². The Hall–Kier alpha value is -3.23. The van der Waals surface area contributed by atoms with E-state index in [2.05, 4.69) is 19.9 Å². The van der Waals surface area contributed by atoms with Crippen LogP contribution in [-0.4, -0.2) is 24.9 Å². The first-order valence-electron chi connectivity index (χ1n) is 5.50. The molecule has 0 fully saturated rings. The van der Waals surface area contributed by atoms with E-state index in [0.717, 1.165) is 0 Å². The van der Waals surface area contributed by atoms with Crippen LogP contribution in [0.3, 0.4) is 0 Å². The summed E-state index contributed by atoms with van der Waals surface area (Å²) in [6.07, 6.45) is 2.82. The lowest BCUT2D eigenvalue weighted by molar-refractivity contribution is -0.384. The summed E-state index contributed by atoms with van der Waals surface area (Å²) in [5.74, 6) is 0. The third kappa shape index (κ3) is 1.77. The fourth-order valence-corrected chi connectivity index (χ4v) is 1.92. The van der Waals surface area contributed by atoms with E-state index in [-0.39, 0.29) is 16.8 Å². The molecule has 0 unspecified atom stereocenters. The lowest BCUT2D eigenvalue weighted by atomic mass is 10.1. The molecule has 0 amide bonds. The number of aromatic nitrogens is 4. The van der Waals surface area contributed by atoms with Gasteiger partial charge < -0.3 is 15.0 Å². The summed E-state index contributed by atoms with van der Waals surface area (Å²) in [5, 5.41) is 11.1. The number of hydrogen-bond acceptors (Lipinski definition) is 5. The van der Waals surface area contributed by atoms with Crippen LogP contribution in [0.4, 0.5) is 5.69 Å². The van der Waals surface area contributed by atoms with Crippen LogP contribution >= 0.6 is 0 Å². The number of H-pyrrole nitrogens is 3. The van der Waals surface area contributed by atoms with Gasteiger partial charge in [0.05, 0.1) is 39.7 Å². The molecule has 0 aliphatic rings. The second-order valence-corrected chi connectivity index (χ2v) is 4.05. The van der Waals surface area contributed by atoms with Crippen molar-refractivity contribution in [1.82, 2.24) is 19.9 Å². The van der Waals surface area contributed by atoms with E-state index < -0.39 is 16.0 Å². The van der Waals surface area contributed by atoms with E-state index in [4.69, 9.17) is 0 Å². The molecule has 0 saturated carbocycles. The lowest BCUT2D eigenvalue weighted by Gasteiger charge is -2.03. The maximum absolute atomic E-state index is 11.3. The molecule has 1 aromatic carbocycles. The van der Waals surface area contributed by atoms with Gasteiger partial charge in [0, 0.05) is 6.07 Å². The molecule has 3 N–H and O–H groups in total. The summed E-state index contributed by atoms with van der Waals surface area (Å²) in [4.78, 5) is 44.3. The summed E-state index contributed by atoms with van der Waals surface area (Å²) in [7, 11) is 0. The van der Waals surface area contributed by atoms with Gasteiger partial charge in [-0.1, -0.05) is 0 Å². The van der Waals surface area contributed by atoms with Gasteiger partial charge >= 0.3 is 11.1 Å². The first kappa shape index (κ1) is 11.8. The number of benzene rings is 1. The van der Waals surface area contributed by atoms with Crippen molar-refractivity contribution in [3.63, 3.8) is 0 Å². The van der Waals surface area contributed by atoms with Crippen LogP contribution in [-0.2, 0) is 0 Å². The Bertz CT molecular complexity index is 922. The minimum atomic E-state index is -0.860. The summed E-state index contributed by atoms with van der Waals surface area (Å²) >= 11 is 0. The lowest BCUT2D eigenvalue weighted by Crippen LogP contribution is -2.28. The van der Waals surface area contributed by atoms with Crippen molar-refractivity contribution in [3.8, 4) is 11.3 Å². The van der Waals surface area contributed by atoms with E-state index in [9.17, 15) is 19.7 Å². The number of imidazole rings is 1. The standard InChI is InChI=1S/C11H7N5O4/c17-10-11(18)15-7-2-9(16(19)20)5(1-6(7)14-10)8-3-12-4-13-8/h1-4H,(H,12,13)(H,14,17)(H,15,18). The molecular formula is C11H7N5O4. The maximum Gasteiger partial charge on any atom is 0.314 e. The van der Waals surface area contributed by atoms with Crippen LogP contribution in [0.15, 0.2) is 34.2 Å². The fourth-order valence-electron chi connectivity index (χ4n) is 1.92. The van der Waals surface area contributed by atoms with E-state index in [1.165, 1.54) is 24.7 Å². The summed E-state index contributed by atoms with van der Waals surface area (Å²) in [5.41, 5.74) is -0.699. The largest absolute Gasteiger partial charge is 0.344 e.